The van der Waals surface area contributed by atoms with Gasteiger partial charge in [0.05, 0.1) is 18.2 Å². The smallest absolute Gasteiger partial charge is 0.417 e. The molecule has 37 heavy (non-hydrogen) atoms. The summed E-state index contributed by atoms with van der Waals surface area (Å²) in [6.07, 6.45) is -1.83. The van der Waals surface area contributed by atoms with E-state index in [0.717, 1.165) is 25.1 Å². The van der Waals surface area contributed by atoms with Crippen molar-refractivity contribution < 1.29 is 32.2 Å². The molecule has 1 aromatic rings. The van der Waals surface area contributed by atoms with Gasteiger partial charge in [-0.1, -0.05) is 0 Å². The van der Waals surface area contributed by atoms with Crippen molar-refractivity contribution in [3.8, 4) is 0 Å². The van der Waals surface area contributed by atoms with Crippen molar-refractivity contribution in [1.82, 2.24) is 20.1 Å². The molecule has 2 aliphatic heterocycles. The first-order valence-corrected chi connectivity index (χ1v) is 12.7. The third-order valence-corrected chi connectivity index (χ3v) is 6.28. The van der Waals surface area contributed by atoms with Crippen molar-refractivity contribution in [1.29, 1.82) is 0 Å². The molecule has 0 spiro atoms. The Bertz CT molecular complexity index is 899. The zero-order valence-corrected chi connectivity index (χ0v) is 22.0. The number of alkyl halides is 3. The van der Waals surface area contributed by atoms with Crippen LogP contribution in [0.25, 0.3) is 0 Å². The van der Waals surface area contributed by atoms with Crippen LogP contribution in [0.15, 0.2) is 18.3 Å². The summed E-state index contributed by atoms with van der Waals surface area (Å²) in [4.78, 5) is 34.4. The van der Waals surface area contributed by atoms with Crippen LogP contribution in [0.3, 0.4) is 0 Å². The van der Waals surface area contributed by atoms with E-state index in [4.69, 9.17) is 9.47 Å². The van der Waals surface area contributed by atoms with Crippen LogP contribution in [0, 0.1) is 0 Å². The van der Waals surface area contributed by atoms with E-state index < -0.39 is 23.4 Å². The molecule has 0 radical (unpaired) electrons. The molecule has 3 heterocycles. The molecule has 9 nitrogen and oxygen atoms in total. The van der Waals surface area contributed by atoms with Gasteiger partial charge in [-0.3, -0.25) is 0 Å². The van der Waals surface area contributed by atoms with Crippen molar-refractivity contribution in [2.45, 2.75) is 70.8 Å². The molecule has 208 valence electrons. The molecule has 2 aliphatic rings. The largest absolute Gasteiger partial charge is 0.444 e. The van der Waals surface area contributed by atoms with E-state index in [0.29, 0.717) is 58.2 Å². The Balaban J connectivity index is 1.33. The van der Waals surface area contributed by atoms with Gasteiger partial charge in [0, 0.05) is 51.6 Å². The van der Waals surface area contributed by atoms with Gasteiger partial charge in [-0.05, 0) is 59.1 Å². The van der Waals surface area contributed by atoms with Crippen molar-refractivity contribution in [3.05, 3.63) is 23.9 Å². The van der Waals surface area contributed by atoms with Crippen molar-refractivity contribution in [2.75, 3.05) is 50.8 Å². The van der Waals surface area contributed by atoms with Gasteiger partial charge in [-0.2, -0.15) is 13.2 Å². The second-order valence-corrected chi connectivity index (χ2v) is 10.6. The zero-order chi connectivity index (χ0) is 27.2. The number of hydrogen-bond donors (Lipinski definition) is 1. The van der Waals surface area contributed by atoms with Gasteiger partial charge < -0.3 is 29.5 Å². The highest BCUT2D eigenvalue weighted by molar-refractivity contribution is 5.77. The predicted molar refractivity (Wildman–Crippen MR) is 132 cm³/mol. The third kappa shape index (κ3) is 8.65. The monoisotopic (exact) mass is 529 g/mol. The fraction of sp³-hybridized carbons (Fsp3) is 0.720. The van der Waals surface area contributed by atoms with Crippen LogP contribution < -0.4 is 10.2 Å². The number of carbonyl (C=O) groups is 2. The van der Waals surface area contributed by atoms with Gasteiger partial charge in [0.15, 0.2) is 0 Å². The lowest BCUT2D eigenvalue weighted by atomic mass is 10.0. The molecule has 2 saturated heterocycles. The van der Waals surface area contributed by atoms with Crippen LogP contribution >= 0.6 is 0 Å². The predicted octanol–water partition coefficient (Wildman–Crippen LogP) is 4.13. The van der Waals surface area contributed by atoms with Gasteiger partial charge in [-0.15, -0.1) is 0 Å². The Morgan fingerprint density at radius 1 is 1.16 bits per heavy atom. The SMILES string of the molecule is CC(COCCCN1CCN(C2CCN(c3ccc(C(F)(F)F)cn3)CC2)C1=O)NC(=O)OC(C)(C)C. The maximum atomic E-state index is 12.9. The number of halogens is 3. The van der Waals surface area contributed by atoms with E-state index in [9.17, 15) is 22.8 Å². The number of carbonyl (C=O) groups excluding carboxylic acids is 2. The van der Waals surface area contributed by atoms with Gasteiger partial charge in [0.25, 0.3) is 0 Å². The topological polar surface area (TPSA) is 87.2 Å². The van der Waals surface area contributed by atoms with Gasteiger partial charge in [0.1, 0.15) is 11.4 Å². The van der Waals surface area contributed by atoms with Crippen LogP contribution in [-0.4, -0.2) is 90.5 Å². The van der Waals surface area contributed by atoms with Crippen LogP contribution in [0.1, 0.15) is 52.5 Å². The molecular formula is C25H38F3N5O4. The second-order valence-electron chi connectivity index (χ2n) is 10.6. The number of nitrogens with one attached hydrogen (secondary N) is 1. The minimum absolute atomic E-state index is 0.0195. The van der Waals surface area contributed by atoms with Crippen LogP contribution in [0.4, 0.5) is 28.6 Å². The average Bonchev–Trinajstić information content (AvgIpc) is 3.17. The highest BCUT2D eigenvalue weighted by atomic mass is 19.4. The highest BCUT2D eigenvalue weighted by Crippen LogP contribution is 2.30. The number of anilines is 1. The molecule has 12 heteroatoms. The summed E-state index contributed by atoms with van der Waals surface area (Å²) in [6.45, 7) is 11.3. The normalized spacial score (nSPS) is 18.4. The maximum Gasteiger partial charge on any atom is 0.417 e. The summed E-state index contributed by atoms with van der Waals surface area (Å²) in [6, 6.07) is 2.40. The Morgan fingerprint density at radius 2 is 1.86 bits per heavy atom. The molecule has 1 atom stereocenters. The molecule has 1 aromatic heterocycles. The van der Waals surface area contributed by atoms with E-state index in [-0.39, 0.29) is 18.1 Å². The van der Waals surface area contributed by atoms with E-state index in [1.165, 1.54) is 6.07 Å². The minimum atomic E-state index is -4.40. The highest BCUT2D eigenvalue weighted by Gasteiger charge is 2.35. The van der Waals surface area contributed by atoms with Crippen LogP contribution in [0.5, 0.6) is 0 Å². The molecule has 0 bridgehead atoms. The number of piperidine rings is 1. The molecule has 1 unspecified atom stereocenters. The van der Waals surface area contributed by atoms with Crippen molar-refractivity contribution in [3.63, 3.8) is 0 Å². The molecule has 2 fully saturated rings. The molecule has 3 amide bonds. The summed E-state index contributed by atoms with van der Waals surface area (Å²) in [5.41, 5.74) is -1.31. The number of alkyl carbamates (subject to hydrolysis) is 1. The minimum Gasteiger partial charge on any atom is -0.444 e. The summed E-state index contributed by atoms with van der Waals surface area (Å²) >= 11 is 0. The average molecular weight is 530 g/mol. The van der Waals surface area contributed by atoms with Gasteiger partial charge in [-0.25, -0.2) is 14.6 Å². The Labute approximate surface area is 216 Å². The first-order chi connectivity index (χ1) is 17.3. The maximum absolute atomic E-state index is 12.9. The molecule has 3 rings (SSSR count). The number of hydrogen-bond acceptors (Lipinski definition) is 6. The number of amides is 3. The van der Waals surface area contributed by atoms with E-state index in [1.807, 2.05) is 21.6 Å². The Kier molecular flexibility index (Phi) is 9.49. The van der Waals surface area contributed by atoms with E-state index >= 15 is 0 Å². The Morgan fingerprint density at radius 3 is 2.46 bits per heavy atom. The zero-order valence-electron chi connectivity index (χ0n) is 22.0. The third-order valence-electron chi connectivity index (χ3n) is 6.28. The first-order valence-electron chi connectivity index (χ1n) is 12.7. The molecule has 1 N–H and O–H groups in total. The molecule has 0 saturated carbocycles. The number of pyridine rings is 1. The van der Waals surface area contributed by atoms with Crippen molar-refractivity contribution in [2.24, 2.45) is 0 Å². The standard InChI is InChI=1S/C25H38F3N5O4/c1-18(30-22(34)37-24(2,3)4)17-36-15-5-10-32-13-14-33(23(32)35)20-8-11-31(12-9-20)21-7-6-19(16-29-21)25(26,27)28/h6-7,16,18,20H,5,8-15,17H2,1-4H3,(H,30,34). The number of aromatic nitrogens is 1. The van der Waals surface area contributed by atoms with Crippen LogP contribution in [0.2, 0.25) is 0 Å². The second kappa shape index (κ2) is 12.2. The lowest BCUT2D eigenvalue weighted by Gasteiger charge is -2.37. The van der Waals surface area contributed by atoms with E-state index in [1.54, 1.807) is 20.8 Å². The fourth-order valence-corrected chi connectivity index (χ4v) is 4.46. The summed E-state index contributed by atoms with van der Waals surface area (Å²) in [5.74, 6) is 0.524. The van der Waals surface area contributed by atoms with Gasteiger partial charge in [0.2, 0.25) is 0 Å². The fourth-order valence-electron chi connectivity index (χ4n) is 4.46. The quantitative estimate of drug-likeness (QED) is 0.484. The first kappa shape index (κ1) is 28.8. The lowest BCUT2D eigenvalue weighted by molar-refractivity contribution is -0.137. The molecular weight excluding hydrogens is 491 g/mol. The van der Waals surface area contributed by atoms with E-state index in [2.05, 4.69) is 10.3 Å². The van der Waals surface area contributed by atoms with Crippen molar-refractivity contribution >= 4 is 17.9 Å². The Hall–Kier alpha value is -2.76. The number of rotatable bonds is 9. The summed E-state index contributed by atoms with van der Waals surface area (Å²) in [5, 5.41) is 2.73. The molecule has 0 aliphatic carbocycles. The number of ether oxygens (including phenoxy) is 2. The van der Waals surface area contributed by atoms with Crippen LogP contribution in [-0.2, 0) is 15.7 Å². The number of urea groups is 1. The number of nitrogens with zero attached hydrogens (tertiary/aromatic N) is 4. The van der Waals surface area contributed by atoms with Gasteiger partial charge >= 0.3 is 18.3 Å². The molecule has 0 aromatic carbocycles. The lowest BCUT2D eigenvalue weighted by Crippen LogP contribution is -2.47. The summed E-state index contributed by atoms with van der Waals surface area (Å²) in [7, 11) is 0. The summed E-state index contributed by atoms with van der Waals surface area (Å²) < 4.78 is 49.2.